The summed E-state index contributed by atoms with van der Waals surface area (Å²) in [5, 5.41) is 3.38. The Hall–Kier alpha value is -2.63. The molecule has 6 nitrogen and oxygen atoms in total. The van der Waals surface area contributed by atoms with E-state index < -0.39 is 0 Å². The van der Waals surface area contributed by atoms with Gasteiger partial charge in [-0.05, 0) is 63.4 Å². The van der Waals surface area contributed by atoms with Crippen molar-refractivity contribution in [3.8, 4) is 0 Å². The zero-order valence-electron chi connectivity index (χ0n) is 16.3. The topological polar surface area (TPSA) is 61.4 Å². The molecule has 0 bridgehead atoms. The number of piperidine rings is 1. The molecule has 1 N–H and O–H groups in total. The minimum absolute atomic E-state index is 0.140. The van der Waals surface area contributed by atoms with Gasteiger partial charge in [0.15, 0.2) is 0 Å². The monoisotopic (exact) mass is 367 g/mol. The van der Waals surface area contributed by atoms with Gasteiger partial charge in [0.05, 0.1) is 12.2 Å². The van der Waals surface area contributed by atoms with Crippen molar-refractivity contribution in [3.05, 3.63) is 47.8 Å². The molecule has 0 radical (unpaired) electrons. The molecule has 1 aliphatic heterocycles. The molecule has 144 valence electrons. The zero-order valence-corrected chi connectivity index (χ0v) is 16.3. The molecule has 0 spiro atoms. The Balaban J connectivity index is 1.59. The maximum Gasteiger partial charge on any atom is 0.253 e. The summed E-state index contributed by atoms with van der Waals surface area (Å²) in [6.45, 7) is 8.36. The number of carbonyl (C=O) groups is 1. The Bertz CT molecular complexity index is 736. The number of rotatable bonds is 7. The van der Waals surface area contributed by atoms with Crippen LogP contribution in [0, 0.1) is 0 Å². The van der Waals surface area contributed by atoms with Gasteiger partial charge in [-0.3, -0.25) is 4.79 Å². The first-order chi connectivity index (χ1) is 13.2. The Labute approximate surface area is 161 Å². The number of nitrogens with zero attached hydrogens (tertiary/aromatic N) is 4. The third kappa shape index (κ3) is 4.96. The van der Waals surface area contributed by atoms with Gasteiger partial charge in [0, 0.05) is 43.6 Å². The number of amides is 1. The normalized spacial score (nSPS) is 14.1. The fourth-order valence-corrected chi connectivity index (χ4v) is 3.34. The highest BCUT2D eigenvalue weighted by Crippen LogP contribution is 2.16. The molecule has 27 heavy (non-hydrogen) atoms. The van der Waals surface area contributed by atoms with Gasteiger partial charge in [-0.25, -0.2) is 9.97 Å². The molecule has 6 heteroatoms. The Morgan fingerprint density at radius 2 is 1.78 bits per heavy atom. The van der Waals surface area contributed by atoms with Crippen LogP contribution in [0.15, 0.2) is 36.5 Å². The van der Waals surface area contributed by atoms with Gasteiger partial charge < -0.3 is 15.1 Å². The number of likely N-dealkylation sites (tertiary alicyclic amines) is 1. The number of hydrogen-bond donors (Lipinski definition) is 1. The van der Waals surface area contributed by atoms with E-state index in [0.717, 1.165) is 61.9 Å². The van der Waals surface area contributed by atoms with E-state index in [9.17, 15) is 4.79 Å². The number of hydrogen-bond acceptors (Lipinski definition) is 5. The second kappa shape index (κ2) is 9.35. The van der Waals surface area contributed by atoms with E-state index in [2.05, 4.69) is 34.0 Å². The van der Waals surface area contributed by atoms with Crippen LogP contribution < -0.4 is 10.2 Å². The summed E-state index contributed by atoms with van der Waals surface area (Å²) >= 11 is 0. The van der Waals surface area contributed by atoms with Crippen LogP contribution >= 0.6 is 0 Å². The van der Waals surface area contributed by atoms with Crippen molar-refractivity contribution in [2.24, 2.45) is 0 Å². The maximum atomic E-state index is 12.5. The van der Waals surface area contributed by atoms with E-state index in [1.54, 1.807) is 6.20 Å². The zero-order chi connectivity index (χ0) is 19.1. The molecule has 2 aromatic rings. The van der Waals surface area contributed by atoms with Crippen molar-refractivity contribution in [2.45, 2.75) is 39.7 Å². The van der Waals surface area contributed by atoms with Crippen molar-refractivity contribution in [1.29, 1.82) is 0 Å². The van der Waals surface area contributed by atoms with E-state index in [1.165, 1.54) is 6.42 Å². The van der Waals surface area contributed by atoms with Gasteiger partial charge in [0.1, 0.15) is 0 Å². The number of carbonyl (C=O) groups excluding carboxylic acids is 1. The highest BCUT2D eigenvalue weighted by Gasteiger charge is 2.17. The van der Waals surface area contributed by atoms with Crippen LogP contribution in [0.2, 0.25) is 0 Å². The van der Waals surface area contributed by atoms with Crippen LogP contribution in [0.25, 0.3) is 0 Å². The standard InChI is InChI=1S/C21H29N5O/c1-3-25(4-2)21-22-13-12-19(24-21)16-23-18-10-8-17(9-11-18)20(27)26-14-6-5-7-15-26/h8-13,23H,3-7,14-16H2,1-2H3. The van der Waals surface area contributed by atoms with Gasteiger partial charge in [-0.15, -0.1) is 0 Å². The predicted octanol–water partition coefficient (Wildman–Crippen LogP) is 3.56. The van der Waals surface area contributed by atoms with E-state index >= 15 is 0 Å². The van der Waals surface area contributed by atoms with E-state index in [4.69, 9.17) is 0 Å². The predicted molar refractivity (Wildman–Crippen MR) is 109 cm³/mol. The molecule has 0 saturated carbocycles. The van der Waals surface area contributed by atoms with E-state index in [1.807, 2.05) is 35.2 Å². The van der Waals surface area contributed by atoms with Gasteiger partial charge >= 0.3 is 0 Å². The van der Waals surface area contributed by atoms with Gasteiger partial charge in [-0.2, -0.15) is 0 Å². The molecule has 3 rings (SSSR count). The first-order valence-electron chi connectivity index (χ1n) is 9.91. The highest BCUT2D eigenvalue weighted by atomic mass is 16.2. The highest BCUT2D eigenvalue weighted by molar-refractivity contribution is 5.94. The molecule has 1 aromatic carbocycles. The number of nitrogens with one attached hydrogen (secondary N) is 1. The van der Waals surface area contributed by atoms with Crippen LogP contribution in [0.5, 0.6) is 0 Å². The molecule has 1 saturated heterocycles. The molecular formula is C21H29N5O. The van der Waals surface area contributed by atoms with Crippen LogP contribution in [-0.4, -0.2) is 47.0 Å². The van der Waals surface area contributed by atoms with Gasteiger partial charge in [0.2, 0.25) is 5.95 Å². The molecule has 0 atom stereocenters. The summed E-state index contributed by atoms with van der Waals surface area (Å²) in [4.78, 5) is 25.6. The first-order valence-corrected chi connectivity index (χ1v) is 9.91. The quantitative estimate of drug-likeness (QED) is 0.811. The Morgan fingerprint density at radius 1 is 1.07 bits per heavy atom. The number of aromatic nitrogens is 2. The Kier molecular flexibility index (Phi) is 6.63. The SMILES string of the molecule is CCN(CC)c1nccc(CNc2ccc(C(=O)N3CCCCC3)cc2)n1. The fraction of sp³-hybridized carbons (Fsp3) is 0.476. The lowest BCUT2D eigenvalue weighted by Crippen LogP contribution is -2.35. The average Bonchev–Trinajstić information content (AvgIpc) is 2.74. The average molecular weight is 367 g/mol. The molecule has 0 aliphatic carbocycles. The summed E-state index contributed by atoms with van der Waals surface area (Å²) in [6.07, 6.45) is 5.25. The van der Waals surface area contributed by atoms with Crippen molar-refractivity contribution in [2.75, 3.05) is 36.4 Å². The van der Waals surface area contributed by atoms with Crippen molar-refractivity contribution in [1.82, 2.24) is 14.9 Å². The maximum absolute atomic E-state index is 12.5. The molecule has 2 heterocycles. The largest absolute Gasteiger partial charge is 0.379 e. The molecule has 1 amide bonds. The second-order valence-electron chi connectivity index (χ2n) is 6.80. The van der Waals surface area contributed by atoms with Crippen LogP contribution in [0.3, 0.4) is 0 Å². The van der Waals surface area contributed by atoms with Crippen molar-refractivity contribution < 1.29 is 4.79 Å². The number of anilines is 2. The van der Waals surface area contributed by atoms with Crippen molar-refractivity contribution in [3.63, 3.8) is 0 Å². The smallest absolute Gasteiger partial charge is 0.253 e. The summed E-state index contributed by atoms with van der Waals surface area (Å²) in [6, 6.07) is 9.66. The Morgan fingerprint density at radius 3 is 2.44 bits per heavy atom. The van der Waals surface area contributed by atoms with E-state index in [-0.39, 0.29) is 5.91 Å². The van der Waals surface area contributed by atoms with Crippen LogP contribution in [0.4, 0.5) is 11.6 Å². The summed E-state index contributed by atoms with van der Waals surface area (Å²) < 4.78 is 0. The van der Waals surface area contributed by atoms with Crippen molar-refractivity contribution >= 4 is 17.5 Å². The summed E-state index contributed by atoms with van der Waals surface area (Å²) in [5.41, 5.74) is 2.68. The lowest BCUT2D eigenvalue weighted by molar-refractivity contribution is 0.0724. The minimum Gasteiger partial charge on any atom is -0.379 e. The molecular weight excluding hydrogens is 338 g/mol. The lowest BCUT2D eigenvalue weighted by Gasteiger charge is -2.26. The molecule has 1 aromatic heterocycles. The third-order valence-corrected chi connectivity index (χ3v) is 5.00. The fourth-order valence-electron chi connectivity index (χ4n) is 3.34. The number of benzene rings is 1. The summed E-state index contributed by atoms with van der Waals surface area (Å²) in [5.74, 6) is 0.905. The molecule has 1 aliphatic rings. The second-order valence-corrected chi connectivity index (χ2v) is 6.80. The summed E-state index contributed by atoms with van der Waals surface area (Å²) in [7, 11) is 0. The van der Waals surface area contributed by atoms with Gasteiger partial charge in [0.25, 0.3) is 5.91 Å². The van der Waals surface area contributed by atoms with E-state index in [0.29, 0.717) is 6.54 Å². The van der Waals surface area contributed by atoms with Crippen LogP contribution in [0.1, 0.15) is 49.2 Å². The molecule has 0 unspecified atom stereocenters. The molecule has 1 fully saturated rings. The minimum atomic E-state index is 0.140. The van der Waals surface area contributed by atoms with Gasteiger partial charge in [-0.1, -0.05) is 0 Å². The third-order valence-electron chi connectivity index (χ3n) is 5.00. The van der Waals surface area contributed by atoms with Crippen LogP contribution in [-0.2, 0) is 6.54 Å². The first kappa shape index (κ1) is 19.1. The lowest BCUT2D eigenvalue weighted by atomic mass is 10.1.